The lowest BCUT2D eigenvalue weighted by Crippen LogP contribution is -2.18. The summed E-state index contributed by atoms with van der Waals surface area (Å²) >= 11 is 0. The maximum absolute atomic E-state index is 11.1. The number of hydrogen-bond donors (Lipinski definition) is 1. The van der Waals surface area contributed by atoms with E-state index in [0.29, 0.717) is 5.92 Å². The third kappa shape index (κ3) is 2.48. The van der Waals surface area contributed by atoms with Crippen LogP contribution in [-0.2, 0) is 9.53 Å². The molecular formula is C9H17NO2. The van der Waals surface area contributed by atoms with E-state index < -0.39 is 0 Å². The van der Waals surface area contributed by atoms with Crippen LogP contribution in [0.5, 0.6) is 0 Å². The number of ether oxygens (including phenoxy) is 1. The summed E-state index contributed by atoms with van der Waals surface area (Å²) in [6.45, 7) is 4.09. The van der Waals surface area contributed by atoms with E-state index >= 15 is 0 Å². The fraction of sp³-hybridized carbons (Fsp3) is 0.889. The SMILES string of the molecule is COC(=O)C(C)CC1CCNC1. The Labute approximate surface area is 73.5 Å². The Morgan fingerprint density at radius 2 is 2.50 bits per heavy atom. The lowest BCUT2D eigenvalue weighted by atomic mass is 9.95. The molecule has 1 heterocycles. The van der Waals surface area contributed by atoms with Crippen LogP contribution in [0.1, 0.15) is 19.8 Å². The summed E-state index contributed by atoms with van der Waals surface area (Å²) in [5.74, 6) is 0.640. The number of carbonyl (C=O) groups is 1. The summed E-state index contributed by atoms with van der Waals surface area (Å²) in [5.41, 5.74) is 0. The molecule has 0 aromatic rings. The highest BCUT2D eigenvalue weighted by Crippen LogP contribution is 2.18. The summed E-state index contributed by atoms with van der Waals surface area (Å²) < 4.78 is 4.66. The van der Waals surface area contributed by atoms with Crippen molar-refractivity contribution >= 4 is 5.97 Å². The van der Waals surface area contributed by atoms with Gasteiger partial charge < -0.3 is 10.1 Å². The van der Waals surface area contributed by atoms with Crippen molar-refractivity contribution in [1.29, 1.82) is 0 Å². The second-order valence-corrected chi connectivity index (χ2v) is 3.52. The highest BCUT2D eigenvalue weighted by molar-refractivity contribution is 5.71. The molecular weight excluding hydrogens is 154 g/mol. The molecule has 0 aromatic carbocycles. The Morgan fingerprint density at radius 1 is 1.75 bits per heavy atom. The topological polar surface area (TPSA) is 38.3 Å². The van der Waals surface area contributed by atoms with Gasteiger partial charge >= 0.3 is 5.97 Å². The standard InChI is InChI=1S/C9H17NO2/c1-7(9(11)12-2)5-8-3-4-10-6-8/h7-8,10H,3-6H2,1-2H3. The fourth-order valence-electron chi connectivity index (χ4n) is 1.71. The molecule has 1 N–H and O–H groups in total. The van der Waals surface area contributed by atoms with E-state index in [1.165, 1.54) is 13.5 Å². The van der Waals surface area contributed by atoms with Crippen LogP contribution in [0.4, 0.5) is 0 Å². The second kappa shape index (κ2) is 4.45. The maximum atomic E-state index is 11.1. The molecule has 3 heteroatoms. The Bertz CT molecular complexity index is 153. The van der Waals surface area contributed by atoms with E-state index in [4.69, 9.17) is 0 Å². The van der Waals surface area contributed by atoms with Gasteiger partial charge in [0.25, 0.3) is 0 Å². The molecule has 12 heavy (non-hydrogen) atoms. The summed E-state index contributed by atoms with van der Waals surface area (Å²) in [6, 6.07) is 0. The molecule has 1 aliphatic rings. The van der Waals surface area contributed by atoms with Gasteiger partial charge in [0.2, 0.25) is 0 Å². The molecule has 0 bridgehead atoms. The number of hydrogen-bond acceptors (Lipinski definition) is 3. The van der Waals surface area contributed by atoms with Gasteiger partial charge in [-0.25, -0.2) is 0 Å². The zero-order valence-corrected chi connectivity index (χ0v) is 7.80. The Balaban J connectivity index is 2.24. The second-order valence-electron chi connectivity index (χ2n) is 3.52. The van der Waals surface area contributed by atoms with Crippen molar-refractivity contribution in [1.82, 2.24) is 5.32 Å². The zero-order chi connectivity index (χ0) is 8.97. The highest BCUT2D eigenvalue weighted by Gasteiger charge is 2.21. The molecule has 0 saturated carbocycles. The summed E-state index contributed by atoms with van der Waals surface area (Å²) in [4.78, 5) is 11.1. The number of nitrogens with one attached hydrogen (secondary N) is 1. The van der Waals surface area contributed by atoms with Crippen molar-refractivity contribution in [2.24, 2.45) is 11.8 Å². The number of rotatable bonds is 3. The van der Waals surface area contributed by atoms with Crippen LogP contribution in [0.25, 0.3) is 0 Å². The first-order chi connectivity index (χ1) is 5.74. The quantitative estimate of drug-likeness (QED) is 0.638. The average Bonchev–Trinajstić information content (AvgIpc) is 2.55. The predicted molar refractivity (Wildman–Crippen MR) is 46.8 cm³/mol. The summed E-state index contributed by atoms with van der Waals surface area (Å²) in [5, 5.41) is 3.28. The van der Waals surface area contributed by atoms with E-state index in [0.717, 1.165) is 19.5 Å². The van der Waals surface area contributed by atoms with Crippen molar-refractivity contribution in [3.05, 3.63) is 0 Å². The predicted octanol–water partition coefficient (Wildman–Crippen LogP) is 0.795. The molecule has 0 amide bonds. The van der Waals surface area contributed by atoms with Gasteiger partial charge in [-0.05, 0) is 31.8 Å². The van der Waals surface area contributed by atoms with Gasteiger partial charge in [0.15, 0.2) is 0 Å². The molecule has 1 rings (SSSR count). The molecule has 0 radical (unpaired) electrons. The van der Waals surface area contributed by atoms with Gasteiger partial charge in [0, 0.05) is 0 Å². The first-order valence-electron chi connectivity index (χ1n) is 4.52. The van der Waals surface area contributed by atoms with Crippen molar-refractivity contribution < 1.29 is 9.53 Å². The van der Waals surface area contributed by atoms with Crippen molar-refractivity contribution in [3.63, 3.8) is 0 Å². The van der Waals surface area contributed by atoms with Crippen LogP contribution in [0, 0.1) is 11.8 Å². The number of methoxy groups -OCH3 is 1. The Kier molecular flexibility index (Phi) is 3.53. The average molecular weight is 171 g/mol. The van der Waals surface area contributed by atoms with Crippen LogP contribution < -0.4 is 5.32 Å². The minimum Gasteiger partial charge on any atom is -0.469 e. The molecule has 1 fully saturated rings. The van der Waals surface area contributed by atoms with E-state index in [1.807, 2.05) is 6.92 Å². The molecule has 1 saturated heterocycles. The smallest absolute Gasteiger partial charge is 0.308 e. The Morgan fingerprint density at radius 3 is 3.00 bits per heavy atom. The summed E-state index contributed by atoms with van der Waals surface area (Å²) in [7, 11) is 1.45. The van der Waals surface area contributed by atoms with Crippen molar-refractivity contribution in [2.45, 2.75) is 19.8 Å². The van der Waals surface area contributed by atoms with Crippen LogP contribution in [-0.4, -0.2) is 26.2 Å². The molecule has 2 atom stereocenters. The molecule has 0 spiro atoms. The fourth-order valence-corrected chi connectivity index (χ4v) is 1.71. The zero-order valence-electron chi connectivity index (χ0n) is 7.80. The molecule has 2 unspecified atom stereocenters. The molecule has 0 aromatic heterocycles. The van der Waals surface area contributed by atoms with Crippen LogP contribution in [0.2, 0.25) is 0 Å². The van der Waals surface area contributed by atoms with E-state index in [1.54, 1.807) is 0 Å². The van der Waals surface area contributed by atoms with Crippen LogP contribution in [0.3, 0.4) is 0 Å². The molecule has 3 nitrogen and oxygen atoms in total. The van der Waals surface area contributed by atoms with E-state index in [-0.39, 0.29) is 11.9 Å². The minimum atomic E-state index is -0.0816. The van der Waals surface area contributed by atoms with Crippen LogP contribution >= 0.6 is 0 Å². The third-order valence-electron chi connectivity index (χ3n) is 2.45. The normalized spacial score (nSPS) is 25.3. The van der Waals surface area contributed by atoms with Gasteiger partial charge in [-0.3, -0.25) is 4.79 Å². The first kappa shape index (κ1) is 9.52. The van der Waals surface area contributed by atoms with Crippen LogP contribution in [0.15, 0.2) is 0 Å². The minimum absolute atomic E-state index is 0.0555. The van der Waals surface area contributed by atoms with E-state index in [2.05, 4.69) is 10.1 Å². The third-order valence-corrected chi connectivity index (χ3v) is 2.45. The van der Waals surface area contributed by atoms with E-state index in [9.17, 15) is 4.79 Å². The number of esters is 1. The van der Waals surface area contributed by atoms with Gasteiger partial charge in [-0.1, -0.05) is 6.92 Å². The van der Waals surface area contributed by atoms with Crippen molar-refractivity contribution in [2.75, 3.05) is 20.2 Å². The molecule has 0 aliphatic carbocycles. The van der Waals surface area contributed by atoms with Crippen molar-refractivity contribution in [3.8, 4) is 0 Å². The Hall–Kier alpha value is -0.570. The van der Waals surface area contributed by atoms with Gasteiger partial charge in [-0.2, -0.15) is 0 Å². The lowest BCUT2D eigenvalue weighted by Gasteiger charge is -2.12. The number of carbonyl (C=O) groups excluding carboxylic acids is 1. The molecule has 70 valence electrons. The lowest BCUT2D eigenvalue weighted by molar-refractivity contribution is -0.145. The largest absolute Gasteiger partial charge is 0.469 e. The van der Waals surface area contributed by atoms with Gasteiger partial charge in [0.05, 0.1) is 13.0 Å². The first-order valence-corrected chi connectivity index (χ1v) is 4.52. The molecule has 1 aliphatic heterocycles. The maximum Gasteiger partial charge on any atom is 0.308 e. The summed E-state index contributed by atoms with van der Waals surface area (Å²) in [6.07, 6.45) is 2.15. The van der Waals surface area contributed by atoms with Gasteiger partial charge in [-0.15, -0.1) is 0 Å². The highest BCUT2D eigenvalue weighted by atomic mass is 16.5. The van der Waals surface area contributed by atoms with Gasteiger partial charge in [0.1, 0.15) is 0 Å². The monoisotopic (exact) mass is 171 g/mol.